The smallest absolute Gasteiger partial charge is 0.338 e. The van der Waals surface area contributed by atoms with E-state index in [1.165, 1.54) is 7.11 Å². The molecule has 0 aliphatic heterocycles. The highest BCUT2D eigenvalue weighted by Crippen LogP contribution is 2.20. The Hall–Kier alpha value is -2.62. The number of esters is 1. The summed E-state index contributed by atoms with van der Waals surface area (Å²) in [4.78, 5) is 23.7. The SMILES string of the molecule is COC(=O)c1cccc(NC(=O)Cc2ccccc2)c1C. The average Bonchev–Trinajstić information content (AvgIpc) is 2.49. The number of ether oxygens (including phenoxy) is 1. The summed E-state index contributed by atoms with van der Waals surface area (Å²) in [6.45, 7) is 1.78. The molecule has 21 heavy (non-hydrogen) atoms. The molecule has 0 bridgehead atoms. The van der Waals surface area contributed by atoms with Gasteiger partial charge in [-0.05, 0) is 30.2 Å². The summed E-state index contributed by atoms with van der Waals surface area (Å²) in [6.07, 6.45) is 0.294. The van der Waals surface area contributed by atoms with Crippen LogP contribution in [0.4, 0.5) is 5.69 Å². The van der Waals surface area contributed by atoms with Crippen molar-refractivity contribution in [2.75, 3.05) is 12.4 Å². The molecule has 2 aromatic carbocycles. The van der Waals surface area contributed by atoms with Crippen LogP contribution in [0.25, 0.3) is 0 Å². The number of benzene rings is 2. The molecule has 1 amide bonds. The molecule has 0 radical (unpaired) electrons. The van der Waals surface area contributed by atoms with Crippen LogP contribution in [-0.2, 0) is 16.0 Å². The van der Waals surface area contributed by atoms with E-state index in [1.54, 1.807) is 25.1 Å². The van der Waals surface area contributed by atoms with E-state index in [0.29, 0.717) is 23.2 Å². The van der Waals surface area contributed by atoms with Crippen molar-refractivity contribution in [3.63, 3.8) is 0 Å². The molecule has 108 valence electrons. The van der Waals surface area contributed by atoms with Crippen LogP contribution in [0.1, 0.15) is 21.5 Å². The van der Waals surface area contributed by atoms with Gasteiger partial charge in [0, 0.05) is 5.69 Å². The second kappa shape index (κ2) is 6.70. The van der Waals surface area contributed by atoms with Gasteiger partial charge in [-0.15, -0.1) is 0 Å². The number of anilines is 1. The molecule has 0 aliphatic rings. The molecule has 0 aliphatic carbocycles. The van der Waals surface area contributed by atoms with E-state index in [1.807, 2.05) is 30.3 Å². The van der Waals surface area contributed by atoms with Crippen LogP contribution in [0, 0.1) is 6.92 Å². The average molecular weight is 283 g/mol. The van der Waals surface area contributed by atoms with Crippen molar-refractivity contribution in [1.29, 1.82) is 0 Å². The Balaban J connectivity index is 2.13. The maximum atomic E-state index is 12.1. The van der Waals surface area contributed by atoms with Crippen LogP contribution in [-0.4, -0.2) is 19.0 Å². The van der Waals surface area contributed by atoms with Gasteiger partial charge in [0.25, 0.3) is 0 Å². The van der Waals surface area contributed by atoms with E-state index in [4.69, 9.17) is 4.74 Å². The molecule has 2 rings (SSSR count). The molecule has 0 fully saturated rings. The van der Waals surface area contributed by atoms with Gasteiger partial charge in [-0.2, -0.15) is 0 Å². The van der Waals surface area contributed by atoms with Gasteiger partial charge in [-0.25, -0.2) is 4.79 Å². The van der Waals surface area contributed by atoms with Gasteiger partial charge in [0.05, 0.1) is 19.1 Å². The summed E-state index contributed by atoms with van der Waals surface area (Å²) in [7, 11) is 1.34. The van der Waals surface area contributed by atoms with Crippen LogP contribution in [0.5, 0.6) is 0 Å². The predicted octanol–water partition coefficient (Wildman–Crippen LogP) is 2.96. The van der Waals surface area contributed by atoms with Crippen molar-refractivity contribution in [1.82, 2.24) is 0 Å². The largest absolute Gasteiger partial charge is 0.465 e. The van der Waals surface area contributed by atoms with Gasteiger partial charge in [0.2, 0.25) is 5.91 Å². The van der Waals surface area contributed by atoms with E-state index < -0.39 is 5.97 Å². The van der Waals surface area contributed by atoms with E-state index in [2.05, 4.69) is 5.32 Å². The first-order valence-electron chi connectivity index (χ1n) is 6.63. The van der Waals surface area contributed by atoms with Crippen molar-refractivity contribution in [2.45, 2.75) is 13.3 Å². The molecule has 0 unspecified atom stereocenters. The lowest BCUT2D eigenvalue weighted by Gasteiger charge is -2.11. The highest BCUT2D eigenvalue weighted by Gasteiger charge is 2.13. The summed E-state index contributed by atoms with van der Waals surface area (Å²) in [5.74, 6) is -0.530. The minimum absolute atomic E-state index is 0.119. The van der Waals surface area contributed by atoms with Crippen molar-refractivity contribution in [3.05, 3.63) is 65.2 Å². The quantitative estimate of drug-likeness (QED) is 0.878. The van der Waals surface area contributed by atoms with Crippen molar-refractivity contribution >= 4 is 17.6 Å². The summed E-state index contributed by atoms with van der Waals surface area (Å²) in [5.41, 5.74) is 2.72. The number of amides is 1. The number of hydrogen-bond acceptors (Lipinski definition) is 3. The number of carbonyl (C=O) groups excluding carboxylic acids is 2. The lowest BCUT2D eigenvalue weighted by atomic mass is 10.1. The molecule has 0 saturated carbocycles. The Morgan fingerprint density at radius 1 is 1.05 bits per heavy atom. The molecular weight excluding hydrogens is 266 g/mol. The van der Waals surface area contributed by atoms with Crippen molar-refractivity contribution in [3.8, 4) is 0 Å². The van der Waals surface area contributed by atoms with Crippen LogP contribution in [0.3, 0.4) is 0 Å². The lowest BCUT2D eigenvalue weighted by molar-refractivity contribution is -0.115. The van der Waals surface area contributed by atoms with E-state index in [0.717, 1.165) is 5.56 Å². The molecular formula is C17H17NO3. The van der Waals surface area contributed by atoms with E-state index in [9.17, 15) is 9.59 Å². The van der Waals surface area contributed by atoms with Gasteiger partial charge in [0.15, 0.2) is 0 Å². The molecule has 1 N–H and O–H groups in total. The summed E-state index contributed by atoms with van der Waals surface area (Å²) in [5, 5.41) is 2.83. The highest BCUT2D eigenvalue weighted by molar-refractivity contribution is 5.97. The predicted molar refractivity (Wildman–Crippen MR) is 81.3 cm³/mol. The van der Waals surface area contributed by atoms with Gasteiger partial charge in [-0.3, -0.25) is 4.79 Å². The minimum atomic E-state index is -0.411. The second-order valence-electron chi connectivity index (χ2n) is 4.68. The number of rotatable bonds is 4. The van der Waals surface area contributed by atoms with E-state index >= 15 is 0 Å². The number of carbonyl (C=O) groups is 2. The summed E-state index contributed by atoms with van der Waals surface area (Å²) < 4.78 is 4.72. The Kier molecular flexibility index (Phi) is 4.72. The molecule has 0 spiro atoms. The Morgan fingerprint density at radius 2 is 1.76 bits per heavy atom. The molecule has 4 nitrogen and oxygen atoms in total. The third-order valence-corrected chi connectivity index (χ3v) is 3.22. The Labute approximate surface area is 123 Å². The Bertz CT molecular complexity index is 650. The van der Waals surface area contributed by atoms with Crippen LogP contribution < -0.4 is 5.32 Å². The summed E-state index contributed by atoms with van der Waals surface area (Å²) in [6, 6.07) is 14.7. The molecule has 0 atom stereocenters. The van der Waals surface area contributed by atoms with Gasteiger partial charge in [-0.1, -0.05) is 36.4 Å². The second-order valence-corrected chi connectivity index (χ2v) is 4.68. The highest BCUT2D eigenvalue weighted by atomic mass is 16.5. The van der Waals surface area contributed by atoms with E-state index in [-0.39, 0.29) is 5.91 Å². The first-order valence-corrected chi connectivity index (χ1v) is 6.63. The molecule has 4 heteroatoms. The molecule has 2 aromatic rings. The van der Waals surface area contributed by atoms with Crippen molar-refractivity contribution in [2.24, 2.45) is 0 Å². The monoisotopic (exact) mass is 283 g/mol. The number of hydrogen-bond donors (Lipinski definition) is 1. The maximum absolute atomic E-state index is 12.1. The molecule has 0 saturated heterocycles. The van der Waals surface area contributed by atoms with Gasteiger partial charge >= 0.3 is 5.97 Å². The third kappa shape index (κ3) is 3.69. The summed E-state index contributed by atoms with van der Waals surface area (Å²) >= 11 is 0. The maximum Gasteiger partial charge on any atom is 0.338 e. The number of nitrogens with one attached hydrogen (secondary N) is 1. The molecule has 0 heterocycles. The minimum Gasteiger partial charge on any atom is -0.465 e. The zero-order chi connectivity index (χ0) is 15.2. The fourth-order valence-electron chi connectivity index (χ4n) is 2.08. The lowest BCUT2D eigenvalue weighted by Crippen LogP contribution is -2.16. The first-order chi connectivity index (χ1) is 10.1. The zero-order valence-corrected chi connectivity index (χ0v) is 12.1. The normalized spacial score (nSPS) is 10.0. The fourth-order valence-corrected chi connectivity index (χ4v) is 2.08. The van der Waals surface area contributed by atoms with Crippen LogP contribution in [0.15, 0.2) is 48.5 Å². The topological polar surface area (TPSA) is 55.4 Å². The fraction of sp³-hybridized carbons (Fsp3) is 0.176. The Morgan fingerprint density at radius 3 is 2.43 bits per heavy atom. The zero-order valence-electron chi connectivity index (χ0n) is 12.1. The first kappa shape index (κ1) is 14.8. The van der Waals surface area contributed by atoms with Crippen molar-refractivity contribution < 1.29 is 14.3 Å². The standard InChI is InChI=1S/C17H17NO3/c1-12-14(17(20)21-2)9-6-10-15(12)18-16(19)11-13-7-4-3-5-8-13/h3-10H,11H2,1-2H3,(H,18,19). The van der Waals surface area contributed by atoms with Crippen LogP contribution >= 0.6 is 0 Å². The van der Waals surface area contributed by atoms with Gasteiger partial charge in [0.1, 0.15) is 0 Å². The molecule has 0 aromatic heterocycles. The van der Waals surface area contributed by atoms with Crippen LogP contribution in [0.2, 0.25) is 0 Å². The number of methoxy groups -OCH3 is 1. The third-order valence-electron chi connectivity index (χ3n) is 3.22. The van der Waals surface area contributed by atoms with Gasteiger partial charge < -0.3 is 10.1 Å².